The van der Waals surface area contributed by atoms with Gasteiger partial charge in [-0.25, -0.2) is 0 Å². The molecule has 3 rings (SSSR count). The molecule has 24 heavy (non-hydrogen) atoms. The number of nitrogens with one attached hydrogen (secondary N) is 1. The van der Waals surface area contributed by atoms with E-state index in [0.717, 1.165) is 11.4 Å². The van der Waals surface area contributed by atoms with Crippen molar-refractivity contribution in [1.82, 2.24) is 9.88 Å². The molecule has 0 spiro atoms. The maximum atomic E-state index is 12.8. The maximum Gasteiger partial charge on any atom is 0.228 e. The number of amides is 2. The van der Waals surface area contributed by atoms with Gasteiger partial charge in [0.1, 0.15) is 0 Å². The monoisotopic (exact) mass is 329 g/mol. The van der Waals surface area contributed by atoms with Crippen LogP contribution in [0.25, 0.3) is 0 Å². The summed E-state index contributed by atoms with van der Waals surface area (Å²) < 4.78 is 5.31. The molecule has 1 fully saturated rings. The number of pyridine rings is 1. The number of carbonyl (C=O) groups is 2. The number of anilines is 1. The first-order valence-corrected chi connectivity index (χ1v) is 8.40. The molecule has 2 heterocycles. The Bertz CT molecular complexity index is 638. The van der Waals surface area contributed by atoms with Crippen molar-refractivity contribution in [3.05, 3.63) is 36.2 Å². The quantitative estimate of drug-likeness (QED) is 0.858. The van der Waals surface area contributed by atoms with Crippen molar-refractivity contribution >= 4 is 17.5 Å². The summed E-state index contributed by atoms with van der Waals surface area (Å²) in [7, 11) is 0. The number of aromatic nitrogens is 1. The average molecular weight is 329 g/mol. The summed E-state index contributed by atoms with van der Waals surface area (Å²) in [5.74, 6) is -0.667. The molecule has 2 amide bonds. The van der Waals surface area contributed by atoms with E-state index >= 15 is 0 Å². The fourth-order valence-corrected chi connectivity index (χ4v) is 3.25. The SMILES string of the molecule is Cc1cc(NC(=O)[C@H]2CC=CC[C@@H]2C(=O)N2CCOCC2)ccn1. The number of hydrogen-bond donors (Lipinski definition) is 1. The molecular formula is C18H23N3O3. The smallest absolute Gasteiger partial charge is 0.228 e. The number of nitrogens with zero attached hydrogens (tertiary/aromatic N) is 2. The Morgan fingerprint density at radius 1 is 1.21 bits per heavy atom. The summed E-state index contributed by atoms with van der Waals surface area (Å²) in [6.45, 7) is 4.24. The summed E-state index contributed by atoms with van der Waals surface area (Å²) >= 11 is 0. The standard InChI is InChI=1S/C18H23N3O3/c1-13-12-14(6-7-19-13)20-17(22)15-4-2-3-5-16(15)18(23)21-8-10-24-11-9-21/h2-3,6-7,12,15-16H,4-5,8-11H2,1H3,(H,19,20,22)/t15-,16-/m0/s1. The molecule has 1 aliphatic heterocycles. The summed E-state index contributed by atoms with van der Waals surface area (Å²) in [6.07, 6.45) is 6.87. The van der Waals surface area contributed by atoms with Gasteiger partial charge in [0.2, 0.25) is 11.8 Å². The first-order valence-electron chi connectivity index (χ1n) is 8.40. The van der Waals surface area contributed by atoms with E-state index in [1.165, 1.54) is 0 Å². The van der Waals surface area contributed by atoms with E-state index < -0.39 is 0 Å². The molecular weight excluding hydrogens is 306 g/mol. The largest absolute Gasteiger partial charge is 0.378 e. The predicted octanol–water partition coefficient (Wildman–Crippen LogP) is 1.77. The fraction of sp³-hybridized carbons (Fsp3) is 0.500. The molecule has 1 aromatic heterocycles. The third-order valence-corrected chi connectivity index (χ3v) is 4.57. The van der Waals surface area contributed by atoms with Crippen LogP contribution >= 0.6 is 0 Å². The van der Waals surface area contributed by atoms with Crippen molar-refractivity contribution in [2.24, 2.45) is 11.8 Å². The fourth-order valence-electron chi connectivity index (χ4n) is 3.25. The number of rotatable bonds is 3. The lowest BCUT2D eigenvalue weighted by molar-refractivity contribution is -0.144. The Hall–Kier alpha value is -2.21. The van der Waals surface area contributed by atoms with Crippen LogP contribution in [0.3, 0.4) is 0 Å². The highest BCUT2D eigenvalue weighted by molar-refractivity contribution is 5.96. The van der Waals surface area contributed by atoms with Gasteiger partial charge in [-0.1, -0.05) is 12.2 Å². The molecule has 0 radical (unpaired) electrons. The van der Waals surface area contributed by atoms with Gasteiger partial charge in [0.05, 0.1) is 25.0 Å². The minimum atomic E-state index is -0.334. The zero-order valence-electron chi connectivity index (χ0n) is 13.9. The van der Waals surface area contributed by atoms with Crippen LogP contribution in [0.4, 0.5) is 5.69 Å². The number of morpholine rings is 1. The van der Waals surface area contributed by atoms with Crippen LogP contribution in [0.15, 0.2) is 30.5 Å². The van der Waals surface area contributed by atoms with E-state index in [1.807, 2.05) is 30.0 Å². The third-order valence-electron chi connectivity index (χ3n) is 4.57. The van der Waals surface area contributed by atoms with Crippen LogP contribution in [-0.2, 0) is 14.3 Å². The lowest BCUT2D eigenvalue weighted by Gasteiger charge is -2.34. The van der Waals surface area contributed by atoms with Gasteiger partial charge in [-0.3, -0.25) is 14.6 Å². The summed E-state index contributed by atoms with van der Waals surface area (Å²) in [4.78, 5) is 31.5. The molecule has 1 N–H and O–H groups in total. The molecule has 6 nitrogen and oxygen atoms in total. The molecule has 0 bridgehead atoms. The van der Waals surface area contributed by atoms with Crippen LogP contribution < -0.4 is 5.32 Å². The molecule has 6 heteroatoms. The van der Waals surface area contributed by atoms with Crippen molar-refractivity contribution in [3.63, 3.8) is 0 Å². The van der Waals surface area contributed by atoms with Crippen LogP contribution in [0.2, 0.25) is 0 Å². The van der Waals surface area contributed by atoms with E-state index in [2.05, 4.69) is 10.3 Å². The van der Waals surface area contributed by atoms with Gasteiger partial charge in [0, 0.05) is 30.7 Å². The summed E-state index contributed by atoms with van der Waals surface area (Å²) in [6, 6.07) is 3.59. The molecule has 1 aliphatic carbocycles. The minimum absolute atomic E-state index is 0.0636. The van der Waals surface area contributed by atoms with Gasteiger partial charge < -0.3 is 15.0 Å². The molecule has 0 aromatic carbocycles. The van der Waals surface area contributed by atoms with Crippen LogP contribution in [0.5, 0.6) is 0 Å². The molecule has 0 saturated carbocycles. The average Bonchev–Trinajstić information content (AvgIpc) is 2.62. The second-order valence-electron chi connectivity index (χ2n) is 6.27. The second kappa shape index (κ2) is 7.57. The van der Waals surface area contributed by atoms with Gasteiger partial charge in [-0.2, -0.15) is 0 Å². The van der Waals surface area contributed by atoms with Gasteiger partial charge in [-0.15, -0.1) is 0 Å². The van der Waals surface area contributed by atoms with Gasteiger partial charge in [0.25, 0.3) is 0 Å². The van der Waals surface area contributed by atoms with Crippen LogP contribution in [-0.4, -0.2) is 48.0 Å². The van der Waals surface area contributed by atoms with Crippen molar-refractivity contribution in [2.75, 3.05) is 31.6 Å². The zero-order valence-corrected chi connectivity index (χ0v) is 13.9. The number of aryl methyl sites for hydroxylation is 1. The van der Waals surface area contributed by atoms with E-state index in [4.69, 9.17) is 4.74 Å². The number of carbonyl (C=O) groups excluding carboxylic acids is 2. The number of ether oxygens (including phenoxy) is 1. The van der Waals surface area contributed by atoms with Crippen LogP contribution in [0.1, 0.15) is 18.5 Å². The third kappa shape index (κ3) is 3.82. The van der Waals surface area contributed by atoms with Gasteiger partial charge in [0.15, 0.2) is 0 Å². The lowest BCUT2D eigenvalue weighted by Crippen LogP contribution is -2.47. The second-order valence-corrected chi connectivity index (χ2v) is 6.27. The summed E-state index contributed by atoms with van der Waals surface area (Å²) in [5, 5.41) is 2.93. The van der Waals surface area contributed by atoms with E-state index in [-0.39, 0.29) is 23.7 Å². The number of hydrogen-bond acceptors (Lipinski definition) is 4. The highest BCUT2D eigenvalue weighted by Crippen LogP contribution is 2.29. The van der Waals surface area contributed by atoms with Gasteiger partial charge in [-0.05, 0) is 31.9 Å². The first kappa shape index (κ1) is 16.6. The van der Waals surface area contributed by atoms with Crippen molar-refractivity contribution < 1.29 is 14.3 Å². The molecule has 2 aliphatic rings. The molecule has 1 saturated heterocycles. The minimum Gasteiger partial charge on any atom is -0.378 e. The van der Waals surface area contributed by atoms with E-state index in [0.29, 0.717) is 39.1 Å². The molecule has 1 aromatic rings. The molecule has 128 valence electrons. The van der Waals surface area contributed by atoms with E-state index in [9.17, 15) is 9.59 Å². The highest BCUT2D eigenvalue weighted by atomic mass is 16.5. The van der Waals surface area contributed by atoms with E-state index in [1.54, 1.807) is 12.3 Å². The highest BCUT2D eigenvalue weighted by Gasteiger charge is 2.36. The van der Waals surface area contributed by atoms with Crippen molar-refractivity contribution in [1.29, 1.82) is 0 Å². The normalized spacial score (nSPS) is 23.8. The predicted molar refractivity (Wildman–Crippen MR) is 90.4 cm³/mol. The van der Waals surface area contributed by atoms with Crippen molar-refractivity contribution in [3.8, 4) is 0 Å². The lowest BCUT2D eigenvalue weighted by atomic mass is 9.81. The van der Waals surface area contributed by atoms with Crippen molar-refractivity contribution in [2.45, 2.75) is 19.8 Å². The zero-order chi connectivity index (χ0) is 16.9. The molecule has 2 atom stereocenters. The molecule has 0 unspecified atom stereocenters. The van der Waals surface area contributed by atoms with Gasteiger partial charge >= 0.3 is 0 Å². The number of allylic oxidation sites excluding steroid dienone is 2. The first-order chi connectivity index (χ1) is 11.6. The Balaban J connectivity index is 1.70. The maximum absolute atomic E-state index is 12.8. The topological polar surface area (TPSA) is 71.5 Å². The Kier molecular flexibility index (Phi) is 5.25. The summed E-state index contributed by atoms with van der Waals surface area (Å²) in [5.41, 5.74) is 1.57. The Morgan fingerprint density at radius 3 is 2.62 bits per heavy atom. The Morgan fingerprint density at radius 2 is 1.92 bits per heavy atom. The van der Waals surface area contributed by atoms with Crippen LogP contribution in [0, 0.1) is 18.8 Å². The Labute approximate surface area is 141 Å².